The molecule has 0 fully saturated rings. The van der Waals surface area contributed by atoms with Crippen molar-refractivity contribution in [2.75, 3.05) is 0 Å². The monoisotopic (exact) mass is 416 g/mol. The van der Waals surface area contributed by atoms with E-state index in [1.807, 2.05) is 35.7 Å². The standard InChI is InChI=1S/C20H14ClFN2OS2/c21-16-4-2-1-3-14(16)12-27-20-23-17-9-10-26-18(17)19(25)24(20)11-13-5-7-15(22)8-6-13/h1-10H,11-12H2. The summed E-state index contributed by atoms with van der Waals surface area (Å²) in [7, 11) is 0. The summed E-state index contributed by atoms with van der Waals surface area (Å²) in [5, 5.41) is 3.17. The van der Waals surface area contributed by atoms with Crippen molar-refractivity contribution in [1.82, 2.24) is 9.55 Å². The minimum atomic E-state index is -0.300. The van der Waals surface area contributed by atoms with Gasteiger partial charge in [-0.05, 0) is 40.8 Å². The number of benzene rings is 2. The van der Waals surface area contributed by atoms with E-state index < -0.39 is 0 Å². The van der Waals surface area contributed by atoms with Crippen LogP contribution >= 0.6 is 34.7 Å². The van der Waals surface area contributed by atoms with Crippen LogP contribution in [0.5, 0.6) is 0 Å². The van der Waals surface area contributed by atoms with Crippen LogP contribution in [0, 0.1) is 5.82 Å². The SMILES string of the molecule is O=c1c2sccc2nc(SCc2ccccc2Cl)n1Cc1ccc(F)cc1. The van der Waals surface area contributed by atoms with Gasteiger partial charge in [0.2, 0.25) is 0 Å². The van der Waals surface area contributed by atoms with Crippen LogP contribution in [-0.4, -0.2) is 9.55 Å². The van der Waals surface area contributed by atoms with Crippen molar-refractivity contribution in [2.45, 2.75) is 17.5 Å². The number of halogens is 2. The van der Waals surface area contributed by atoms with Gasteiger partial charge < -0.3 is 0 Å². The number of hydrogen-bond donors (Lipinski definition) is 0. The second kappa shape index (κ2) is 7.84. The maximum atomic E-state index is 13.2. The number of thioether (sulfide) groups is 1. The molecule has 4 rings (SSSR count). The average Bonchev–Trinajstić information content (AvgIpc) is 3.14. The van der Waals surface area contributed by atoms with E-state index in [-0.39, 0.29) is 11.4 Å². The second-order valence-electron chi connectivity index (χ2n) is 5.93. The Bertz CT molecular complexity index is 1150. The number of nitrogens with zero attached hydrogens (tertiary/aromatic N) is 2. The first kappa shape index (κ1) is 18.2. The van der Waals surface area contributed by atoms with Crippen LogP contribution in [0.1, 0.15) is 11.1 Å². The van der Waals surface area contributed by atoms with Gasteiger partial charge in [-0.25, -0.2) is 9.37 Å². The summed E-state index contributed by atoms with van der Waals surface area (Å²) in [5.74, 6) is 0.303. The van der Waals surface area contributed by atoms with Gasteiger partial charge in [0.25, 0.3) is 5.56 Å². The Morgan fingerprint density at radius 2 is 1.89 bits per heavy atom. The lowest BCUT2D eigenvalue weighted by molar-refractivity contribution is 0.623. The lowest BCUT2D eigenvalue weighted by Crippen LogP contribution is -2.23. The molecular weight excluding hydrogens is 403 g/mol. The van der Waals surface area contributed by atoms with Crippen LogP contribution < -0.4 is 5.56 Å². The van der Waals surface area contributed by atoms with E-state index in [9.17, 15) is 9.18 Å². The predicted octanol–water partition coefficient (Wildman–Crippen LogP) is 5.59. The minimum Gasteiger partial charge on any atom is -0.282 e. The van der Waals surface area contributed by atoms with Gasteiger partial charge in [-0.1, -0.05) is 53.7 Å². The molecule has 3 nitrogen and oxygen atoms in total. The van der Waals surface area contributed by atoms with Gasteiger partial charge in [0.1, 0.15) is 10.5 Å². The molecule has 2 heterocycles. The van der Waals surface area contributed by atoms with Crippen LogP contribution in [0.2, 0.25) is 5.02 Å². The zero-order valence-electron chi connectivity index (χ0n) is 14.1. The fourth-order valence-electron chi connectivity index (χ4n) is 2.70. The molecule has 0 aliphatic rings. The van der Waals surface area contributed by atoms with Crippen molar-refractivity contribution in [2.24, 2.45) is 0 Å². The van der Waals surface area contributed by atoms with Gasteiger partial charge in [-0.2, -0.15) is 0 Å². The van der Waals surface area contributed by atoms with Crippen LogP contribution in [-0.2, 0) is 12.3 Å². The molecule has 0 aliphatic carbocycles. The third-order valence-corrected chi connectivity index (χ3v) is 6.38. The van der Waals surface area contributed by atoms with E-state index in [1.54, 1.807) is 16.7 Å². The molecule has 0 saturated heterocycles. The fraction of sp³-hybridized carbons (Fsp3) is 0.100. The third kappa shape index (κ3) is 3.93. The Morgan fingerprint density at radius 3 is 2.67 bits per heavy atom. The molecule has 0 spiro atoms. The van der Waals surface area contributed by atoms with Crippen molar-refractivity contribution in [3.8, 4) is 0 Å². The highest BCUT2D eigenvalue weighted by Crippen LogP contribution is 2.27. The number of rotatable bonds is 5. The molecule has 0 bridgehead atoms. The van der Waals surface area contributed by atoms with E-state index in [4.69, 9.17) is 11.6 Å². The zero-order chi connectivity index (χ0) is 18.8. The van der Waals surface area contributed by atoms with Crippen LogP contribution in [0.15, 0.2) is 69.9 Å². The summed E-state index contributed by atoms with van der Waals surface area (Å²) in [5.41, 5.74) is 2.44. The number of aromatic nitrogens is 2. The van der Waals surface area contributed by atoms with Gasteiger partial charge in [0.15, 0.2) is 5.16 Å². The molecule has 0 atom stereocenters. The van der Waals surface area contributed by atoms with Crippen LogP contribution in [0.25, 0.3) is 10.2 Å². The summed E-state index contributed by atoms with van der Waals surface area (Å²) >= 11 is 9.10. The maximum absolute atomic E-state index is 13.2. The van der Waals surface area contributed by atoms with Crippen molar-refractivity contribution in [3.63, 3.8) is 0 Å². The smallest absolute Gasteiger partial charge is 0.272 e. The Balaban J connectivity index is 1.72. The van der Waals surface area contributed by atoms with Crippen molar-refractivity contribution in [3.05, 3.63) is 92.3 Å². The van der Waals surface area contributed by atoms with E-state index in [2.05, 4.69) is 4.98 Å². The summed E-state index contributed by atoms with van der Waals surface area (Å²) in [6.45, 7) is 0.338. The quantitative estimate of drug-likeness (QED) is 0.314. The first-order chi connectivity index (χ1) is 13.1. The van der Waals surface area contributed by atoms with Crippen LogP contribution in [0.3, 0.4) is 0 Å². The molecule has 4 aromatic rings. The number of hydrogen-bond acceptors (Lipinski definition) is 4. The Morgan fingerprint density at radius 1 is 1.11 bits per heavy atom. The fourth-order valence-corrected chi connectivity index (χ4v) is 4.77. The normalized spacial score (nSPS) is 11.2. The zero-order valence-corrected chi connectivity index (χ0v) is 16.5. The molecule has 136 valence electrons. The first-order valence-electron chi connectivity index (χ1n) is 8.20. The third-order valence-electron chi connectivity index (χ3n) is 4.10. The average molecular weight is 417 g/mol. The van der Waals surface area contributed by atoms with Gasteiger partial charge in [0.05, 0.1) is 12.1 Å². The van der Waals surface area contributed by atoms with E-state index >= 15 is 0 Å². The highest BCUT2D eigenvalue weighted by atomic mass is 35.5. The minimum absolute atomic E-state index is 0.0824. The number of fused-ring (bicyclic) bond motifs is 1. The second-order valence-corrected chi connectivity index (χ2v) is 8.19. The van der Waals surface area contributed by atoms with Gasteiger partial charge in [-0.3, -0.25) is 9.36 Å². The Hall–Kier alpha value is -2.15. The molecule has 2 aromatic carbocycles. The largest absolute Gasteiger partial charge is 0.282 e. The Labute approximate surface area is 168 Å². The molecule has 0 unspecified atom stereocenters. The highest BCUT2D eigenvalue weighted by molar-refractivity contribution is 7.98. The molecule has 2 aromatic heterocycles. The van der Waals surface area contributed by atoms with Crippen LogP contribution in [0.4, 0.5) is 4.39 Å². The van der Waals surface area contributed by atoms with Gasteiger partial charge >= 0.3 is 0 Å². The van der Waals surface area contributed by atoms with Gasteiger partial charge in [-0.15, -0.1) is 11.3 Å². The van der Waals surface area contributed by atoms with Crippen molar-refractivity contribution < 1.29 is 4.39 Å². The first-order valence-corrected chi connectivity index (χ1v) is 10.4. The summed E-state index contributed by atoms with van der Waals surface area (Å²) in [6, 6.07) is 15.6. The molecule has 7 heteroatoms. The van der Waals surface area contributed by atoms with E-state index in [0.717, 1.165) is 11.1 Å². The molecule has 27 heavy (non-hydrogen) atoms. The molecule has 0 aliphatic heterocycles. The molecular formula is C20H14ClFN2OS2. The molecule has 0 saturated carbocycles. The van der Waals surface area contributed by atoms with Gasteiger partial charge in [0, 0.05) is 10.8 Å². The summed E-state index contributed by atoms with van der Waals surface area (Å²) in [6.07, 6.45) is 0. The lowest BCUT2D eigenvalue weighted by atomic mass is 10.2. The lowest BCUT2D eigenvalue weighted by Gasteiger charge is -2.12. The summed E-state index contributed by atoms with van der Waals surface area (Å²) < 4.78 is 15.5. The van der Waals surface area contributed by atoms with Crippen molar-refractivity contribution in [1.29, 1.82) is 0 Å². The van der Waals surface area contributed by atoms with E-state index in [0.29, 0.717) is 32.7 Å². The summed E-state index contributed by atoms with van der Waals surface area (Å²) in [4.78, 5) is 17.7. The predicted molar refractivity (Wildman–Crippen MR) is 110 cm³/mol. The molecule has 0 radical (unpaired) electrons. The highest BCUT2D eigenvalue weighted by Gasteiger charge is 2.14. The molecule has 0 amide bonds. The molecule has 0 N–H and O–H groups in total. The maximum Gasteiger partial charge on any atom is 0.272 e. The van der Waals surface area contributed by atoms with Crippen molar-refractivity contribution >= 4 is 44.9 Å². The van der Waals surface area contributed by atoms with E-state index in [1.165, 1.54) is 35.2 Å². The Kier molecular flexibility index (Phi) is 5.29. The topological polar surface area (TPSA) is 34.9 Å². The number of thiophene rings is 1.